The van der Waals surface area contributed by atoms with Crippen LogP contribution in [0.15, 0.2) is 79.4 Å². The summed E-state index contributed by atoms with van der Waals surface area (Å²) in [5, 5.41) is 17.2. The molecular weight excluding hydrogens is 502 g/mol. The molecule has 2 aromatic carbocycles. The van der Waals surface area contributed by atoms with Crippen LogP contribution in [0.3, 0.4) is 0 Å². The van der Waals surface area contributed by atoms with E-state index in [-0.39, 0.29) is 11.3 Å². The number of aryl methyl sites for hydroxylation is 1. The zero-order chi connectivity index (χ0) is 25.4. The molecule has 6 nitrogen and oxygen atoms in total. The monoisotopic (exact) mass is 529 g/mol. The second kappa shape index (κ2) is 10.3. The molecule has 1 aliphatic carbocycles. The summed E-state index contributed by atoms with van der Waals surface area (Å²) in [7, 11) is 0. The van der Waals surface area contributed by atoms with Gasteiger partial charge in [-0.05, 0) is 72.7 Å². The number of fused-ring (bicyclic) bond motifs is 2. The van der Waals surface area contributed by atoms with Gasteiger partial charge in [0.1, 0.15) is 17.8 Å². The minimum atomic E-state index is -0.522. The second-order valence-electron chi connectivity index (χ2n) is 9.81. The number of hydrogen-bond donors (Lipinski definition) is 3. The van der Waals surface area contributed by atoms with E-state index in [1.165, 1.54) is 5.56 Å². The standard InChI is InChI=1S/C29H28ClN5OS/c30-23-8-3-19(4-9-23)15-32-26-10-7-20-5-1-18(13-24(20)34-26)2-6-21-14-25(27(36)28(21)37)35-12-11-22-16-31-17-33-29(22)35/h1,3-5,7-13,16-17,21,25,27-28,36-37H,2,6,14-15H2,(H,32,34)/t21-,25?,27-,28+/m0/s1. The van der Waals surface area contributed by atoms with E-state index in [9.17, 15) is 5.11 Å². The number of nitrogens with zero attached hydrogens (tertiary/aromatic N) is 4. The third kappa shape index (κ3) is 5.04. The van der Waals surface area contributed by atoms with Gasteiger partial charge in [-0.2, -0.15) is 12.6 Å². The number of anilines is 1. The molecule has 0 amide bonds. The SMILES string of the molecule is O[C@H]1C(n2ccc3cncnc32)C[C@H](CCc2ccc3ccc(NCc4ccc(Cl)cc4)nc3c2)[C@H]1S. The summed E-state index contributed by atoms with van der Waals surface area (Å²) < 4.78 is 2.09. The fourth-order valence-electron chi connectivity index (χ4n) is 5.39. The van der Waals surface area contributed by atoms with Crippen LogP contribution >= 0.6 is 24.2 Å². The van der Waals surface area contributed by atoms with Gasteiger partial charge >= 0.3 is 0 Å². The summed E-state index contributed by atoms with van der Waals surface area (Å²) in [6.07, 6.45) is 7.58. The maximum atomic E-state index is 11.0. The zero-order valence-electron chi connectivity index (χ0n) is 20.2. The third-order valence-corrected chi connectivity index (χ3v) is 8.43. The Kier molecular flexibility index (Phi) is 6.76. The maximum Gasteiger partial charge on any atom is 0.143 e. The average Bonchev–Trinajstić information content (AvgIpc) is 3.47. The first-order valence-corrected chi connectivity index (χ1v) is 13.5. The number of halogens is 1. The predicted octanol–water partition coefficient (Wildman–Crippen LogP) is 6.10. The Hall–Kier alpha value is -3.13. The summed E-state index contributed by atoms with van der Waals surface area (Å²) in [6.45, 7) is 0.687. The summed E-state index contributed by atoms with van der Waals surface area (Å²) in [6, 6.07) is 20.4. The first-order chi connectivity index (χ1) is 18.0. The lowest BCUT2D eigenvalue weighted by atomic mass is 9.97. The molecule has 4 atom stereocenters. The number of aliphatic hydroxyl groups excluding tert-OH is 1. The Morgan fingerprint density at radius 1 is 1.03 bits per heavy atom. The lowest BCUT2D eigenvalue weighted by molar-refractivity contribution is 0.141. The van der Waals surface area contributed by atoms with Crippen LogP contribution in [0.2, 0.25) is 5.02 Å². The molecule has 6 rings (SSSR count). The van der Waals surface area contributed by atoms with Gasteiger partial charge in [0.15, 0.2) is 0 Å². The van der Waals surface area contributed by atoms with Gasteiger partial charge in [-0.15, -0.1) is 0 Å². The molecule has 1 saturated carbocycles. The Labute approximate surface area is 226 Å². The maximum absolute atomic E-state index is 11.0. The highest BCUT2D eigenvalue weighted by atomic mass is 35.5. The highest BCUT2D eigenvalue weighted by Gasteiger charge is 2.41. The lowest BCUT2D eigenvalue weighted by Crippen LogP contribution is -2.25. The van der Waals surface area contributed by atoms with Gasteiger partial charge < -0.3 is 15.0 Å². The van der Waals surface area contributed by atoms with E-state index in [4.69, 9.17) is 29.2 Å². The lowest BCUT2D eigenvalue weighted by Gasteiger charge is -2.19. The zero-order valence-corrected chi connectivity index (χ0v) is 21.9. The van der Waals surface area contributed by atoms with E-state index in [1.54, 1.807) is 6.33 Å². The van der Waals surface area contributed by atoms with Gasteiger partial charge in [0.2, 0.25) is 0 Å². The number of benzene rings is 2. The van der Waals surface area contributed by atoms with E-state index in [0.717, 1.165) is 57.6 Å². The highest BCUT2D eigenvalue weighted by molar-refractivity contribution is 7.81. The normalized spacial score (nSPS) is 21.6. The third-order valence-electron chi connectivity index (χ3n) is 7.45. The quantitative estimate of drug-likeness (QED) is 0.222. The van der Waals surface area contributed by atoms with Crippen LogP contribution in [-0.2, 0) is 13.0 Å². The topological polar surface area (TPSA) is 75.9 Å². The van der Waals surface area contributed by atoms with Crippen molar-refractivity contribution >= 4 is 52.0 Å². The second-order valence-corrected chi connectivity index (χ2v) is 10.8. The van der Waals surface area contributed by atoms with Crippen molar-refractivity contribution in [2.24, 2.45) is 5.92 Å². The molecule has 1 unspecified atom stereocenters. The van der Waals surface area contributed by atoms with Crippen LogP contribution in [0, 0.1) is 5.92 Å². The van der Waals surface area contributed by atoms with Crippen LogP contribution in [0.25, 0.3) is 21.9 Å². The molecule has 1 aliphatic rings. The van der Waals surface area contributed by atoms with Gasteiger partial charge in [0.25, 0.3) is 0 Å². The van der Waals surface area contributed by atoms with Crippen molar-refractivity contribution in [3.8, 4) is 0 Å². The number of pyridine rings is 1. The summed E-state index contributed by atoms with van der Waals surface area (Å²) >= 11 is 10.8. The molecule has 188 valence electrons. The highest BCUT2D eigenvalue weighted by Crippen LogP contribution is 2.41. The van der Waals surface area contributed by atoms with Crippen molar-refractivity contribution in [1.29, 1.82) is 0 Å². The Morgan fingerprint density at radius 2 is 1.84 bits per heavy atom. The van der Waals surface area contributed by atoms with E-state index >= 15 is 0 Å². The van der Waals surface area contributed by atoms with Crippen molar-refractivity contribution in [3.63, 3.8) is 0 Å². The Balaban J connectivity index is 1.13. The van der Waals surface area contributed by atoms with Gasteiger partial charge in [0.05, 0.1) is 17.7 Å². The van der Waals surface area contributed by atoms with E-state index < -0.39 is 6.10 Å². The van der Waals surface area contributed by atoms with Gasteiger partial charge in [-0.25, -0.2) is 15.0 Å². The van der Waals surface area contributed by atoms with E-state index in [2.05, 4.69) is 44.1 Å². The van der Waals surface area contributed by atoms with Crippen LogP contribution in [-0.4, -0.2) is 36.0 Å². The molecule has 5 aromatic rings. The Bertz CT molecular complexity index is 1540. The number of nitrogens with one attached hydrogen (secondary N) is 1. The largest absolute Gasteiger partial charge is 0.390 e. The van der Waals surface area contributed by atoms with Crippen LogP contribution in [0.4, 0.5) is 5.82 Å². The van der Waals surface area contributed by atoms with E-state index in [0.29, 0.717) is 12.5 Å². The average molecular weight is 530 g/mol. The molecule has 0 saturated heterocycles. The molecule has 3 aromatic heterocycles. The minimum absolute atomic E-state index is 0.0348. The van der Waals surface area contributed by atoms with Gasteiger partial charge in [-0.3, -0.25) is 0 Å². The molecular formula is C29H28ClN5OS. The molecule has 8 heteroatoms. The van der Waals surface area contributed by atoms with Crippen molar-refractivity contribution in [3.05, 3.63) is 95.5 Å². The van der Waals surface area contributed by atoms with Crippen LogP contribution in [0.5, 0.6) is 0 Å². The van der Waals surface area contributed by atoms with Crippen LogP contribution < -0.4 is 5.32 Å². The van der Waals surface area contributed by atoms with Gasteiger partial charge in [0, 0.05) is 40.0 Å². The minimum Gasteiger partial charge on any atom is -0.390 e. The number of aliphatic hydroxyl groups is 1. The first-order valence-electron chi connectivity index (χ1n) is 12.6. The number of aromatic nitrogens is 4. The summed E-state index contributed by atoms with van der Waals surface area (Å²) in [5.41, 5.74) is 4.23. The van der Waals surface area contributed by atoms with Gasteiger partial charge in [-0.1, -0.05) is 35.9 Å². The summed E-state index contributed by atoms with van der Waals surface area (Å²) in [5.74, 6) is 1.15. The summed E-state index contributed by atoms with van der Waals surface area (Å²) in [4.78, 5) is 13.4. The molecule has 0 radical (unpaired) electrons. The molecule has 0 spiro atoms. The van der Waals surface area contributed by atoms with Crippen LogP contribution in [0.1, 0.15) is 30.0 Å². The molecule has 0 aliphatic heterocycles. The molecule has 3 heterocycles. The predicted molar refractivity (Wildman–Crippen MR) is 152 cm³/mol. The smallest absolute Gasteiger partial charge is 0.143 e. The Morgan fingerprint density at radius 3 is 2.70 bits per heavy atom. The van der Waals surface area contributed by atoms with Crippen molar-refractivity contribution in [1.82, 2.24) is 19.5 Å². The molecule has 0 bridgehead atoms. The molecule has 1 fully saturated rings. The molecule has 2 N–H and O–H groups in total. The molecule has 37 heavy (non-hydrogen) atoms. The van der Waals surface area contributed by atoms with E-state index in [1.807, 2.05) is 48.8 Å². The van der Waals surface area contributed by atoms with Crippen molar-refractivity contribution in [2.45, 2.75) is 43.2 Å². The van der Waals surface area contributed by atoms with Crippen molar-refractivity contribution in [2.75, 3.05) is 5.32 Å². The van der Waals surface area contributed by atoms with Crippen molar-refractivity contribution < 1.29 is 5.11 Å². The number of thiol groups is 1. The first kappa shape index (κ1) is 24.2. The fourth-order valence-corrected chi connectivity index (χ4v) is 5.99. The number of rotatable bonds is 7. The number of hydrogen-bond acceptors (Lipinski definition) is 6. The fraction of sp³-hybridized carbons (Fsp3) is 0.276.